The van der Waals surface area contributed by atoms with Crippen molar-refractivity contribution in [2.24, 2.45) is 0 Å². The average molecular weight is 678 g/mol. The van der Waals surface area contributed by atoms with Crippen LogP contribution in [0.2, 0.25) is 0 Å². The lowest BCUT2D eigenvalue weighted by Crippen LogP contribution is -2.00. The molecule has 3 aromatic heterocycles. The Hall–Kier alpha value is -7.74. The summed E-state index contributed by atoms with van der Waals surface area (Å²) in [6.45, 7) is 7.47. The average Bonchev–Trinajstić information content (AvgIpc) is 3.92. The van der Waals surface area contributed by atoms with E-state index in [1.807, 2.05) is 28.9 Å². The minimum Gasteiger partial charge on any atom is -0.309 e. The maximum Gasteiger partial charge on any atom is 0.187 e. The number of para-hydroxylation sites is 3. The van der Waals surface area contributed by atoms with E-state index in [-0.39, 0.29) is 0 Å². The first-order chi connectivity index (χ1) is 26.2. The first-order valence-electron chi connectivity index (χ1n) is 17.3. The topological polar surface area (TPSA) is 68.7 Å². The molecule has 10 aromatic rings. The van der Waals surface area contributed by atoms with Crippen molar-refractivity contribution in [3.8, 4) is 45.6 Å². The van der Waals surface area contributed by atoms with Crippen LogP contribution in [0.1, 0.15) is 5.56 Å². The molecule has 7 aromatic carbocycles. The van der Waals surface area contributed by atoms with Crippen LogP contribution < -0.4 is 0 Å². The van der Waals surface area contributed by atoms with E-state index < -0.39 is 0 Å². The van der Waals surface area contributed by atoms with Gasteiger partial charge in [-0.15, -0.1) is 5.10 Å². The van der Waals surface area contributed by atoms with E-state index in [1.165, 1.54) is 10.8 Å². The Balaban J connectivity index is 1.24. The molecule has 0 fully saturated rings. The van der Waals surface area contributed by atoms with Gasteiger partial charge in [0, 0.05) is 44.0 Å². The minimum atomic E-state index is 0.552. The lowest BCUT2D eigenvalue weighted by Gasteiger charge is -2.13. The quantitative estimate of drug-likeness (QED) is 0.170. The molecule has 0 spiro atoms. The van der Waals surface area contributed by atoms with Gasteiger partial charge in [-0.2, -0.15) is 5.26 Å². The summed E-state index contributed by atoms with van der Waals surface area (Å²) < 4.78 is 6.54. The molecule has 7 nitrogen and oxygen atoms in total. The third-order valence-electron chi connectivity index (χ3n) is 10.1. The highest BCUT2D eigenvalue weighted by Crippen LogP contribution is 2.42. The Bertz CT molecular complexity index is 3000. The summed E-state index contributed by atoms with van der Waals surface area (Å²) in [5.41, 5.74) is 11.8. The van der Waals surface area contributed by atoms with Gasteiger partial charge < -0.3 is 9.13 Å². The maximum absolute atomic E-state index is 9.50. The van der Waals surface area contributed by atoms with Gasteiger partial charge >= 0.3 is 0 Å². The van der Waals surface area contributed by atoms with Gasteiger partial charge in [0.1, 0.15) is 11.4 Å². The second-order valence-electron chi connectivity index (χ2n) is 13.0. The van der Waals surface area contributed by atoms with Gasteiger partial charge in [0.05, 0.1) is 46.0 Å². The second-order valence-corrected chi connectivity index (χ2v) is 13.0. The van der Waals surface area contributed by atoms with Crippen LogP contribution in [0.15, 0.2) is 164 Å². The van der Waals surface area contributed by atoms with Crippen LogP contribution in [-0.2, 0) is 0 Å². The maximum atomic E-state index is 9.50. The van der Waals surface area contributed by atoms with Gasteiger partial charge in [-0.1, -0.05) is 102 Å². The summed E-state index contributed by atoms with van der Waals surface area (Å²) in [4.78, 5) is 3.59. The molecular weight excluding hydrogens is 651 g/mol. The molecule has 0 unspecified atom stereocenters. The van der Waals surface area contributed by atoms with Gasteiger partial charge in [-0.05, 0) is 66.7 Å². The minimum absolute atomic E-state index is 0.552. The summed E-state index contributed by atoms with van der Waals surface area (Å²) in [6.07, 6.45) is 0. The van der Waals surface area contributed by atoms with E-state index in [0.29, 0.717) is 16.9 Å². The number of nitrogens with zero attached hydrogens (tertiary/aromatic N) is 7. The molecule has 3 heterocycles. The lowest BCUT2D eigenvalue weighted by atomic mass is 9.99. The van der Waals surface area contributed by atoms with Crippen molar-refractivity contribution in [2.45, 2.75) is 0 Å². The molecule has 10 rings (SSSR count). The summed E-state index contributed by atoms with van der Waals surface area (Å²) in [5.74, 6) is 0. The molecule has 0 saturated carbocycles. The van der Waals surface area contributed by atoms with Gasteiger partial charge in [0.2, 0.25) is 0 Å². The Labute approximate surface area is 304 Å². The molecule has 0 atom stereocenters. The Morgan fingerprint density at radius 3 is 1.75 bits per heavy atom. The number of aromatic nitrogens is 5. The summed E-state index contributed by atoms with van der Waals surface area (Å²) in [5, 5.41) is 23.6. The highest BCUT2D eigenvalue weighted by atomic mass is 15.4. The molecule has 0 amide bonds. The van der Waals surface area contributed by atoms with Gasteiger partial charge in [0.25, 0.3) is 0 Å². The lowest BCUT2D eigenvalue weighted by molar-refractivity contribution is 0.809. The van der Waals surface area contributed by atoms with E-state index in [2.05, 4.69) is 135 Å². The number of hydrogen-bond acceptors (Lipinski definition) is 3. The van der Waals surface area contributed by atoms with Crippen molar-refractivity contribution in [2.75, 3.05) is 0 Å². The first kappa shape index (κ1) is 30.1. The predicted molar refractivity (Wildman–Crippen MR) is 212 cm³/mol. The van der Waals surface area contributed by atoms with E-state index >= 15 is 0 Å². The normalized spacial score (nSPS) is 11.4. The van der Waals surface area contributed by atoms with Gasteiger partial charge in [-0.3, -0.25) is 0 Å². The molecule has 0 N–H and O–H groups in total. The Morgan fingerprint density at radius 1 is 0.547 bits per heavy atom. The smallest absolute Gasteiger partial charge is 0.187 e. The van der Waals surface area contributed by atoms with Crippen LogP contribution in [0.4, 0.5) is 5.69 Å². The van der Waals surface area contributed by atoms with Gasteiger partial charge in [-0.25, -0.2) is 9.53 Å². The number of benzene rings is 7. The molecule has 0 aliphatic heterocycles. The van der Waals surface area contributed by atoms with Gasteiger partial charge in [0.15, 0.2) is 5.69 Å². The fourth-order valence-corrected chi connectivity index (χ4v) is 7.74. The predicted octanol–water partition coefficient (Wildman–Crippen LogP) is 11.2. The number of nitriles is 1. The molecular formula is C46H27N7. The summed E-state index contributed by atoms with van der Waals surface area (Å²) >= 11 is 0. The zero-order valence-electron chi connectivity index (χ0n) is 28.2. The van der Waals surface area contributed by atoms with E-state index in [0.717, 1.165) is 66.7 Å². The third-order valence-corrected chi connectivity index (χ3v) is 10.1. The Kier molecular flexibility index (Phi) is 6.79. The largest absolute Gasteiger partial charge is 0.309 e. The monoisotopic (exact) mass is 677 g/mol. The molecule has 0 aliphatic rings. The van der Waals surface area contributed by atoms with E-state index in [1.54, 1.807) is 24.3 Å². The molecule has 0 aliphatic carbocycles. The fraction of sp³-hybridized carbons (Fsp3) is 0. The van der Waals surface area contributed by atoms with E-state index in [9.17, 15) is 5.26 Å². The van der Waals surface area contributed by atoms with Crippen molar-refractivity contribution in [1.82, 2.24) is 24.1 Å². The van der Waals surface area contributed by atoms with Crippen molar-refractivity contribution in [3.63, 3.8) is 0 Å². The van der Waals surface area contributed by atoms with Crippen molar-refractivity contribution in [1.29, 1.82) is 5.26 Å². The zero-order valence-corrected chi connectivity index (χ0v) is 28.2. The summed E-state index contributed by atoms with van der Waals surface area (Å²) in [7, 11) is 0. The highest BCUT2D eigenvalue weighted by molar-refractivity contribution is 6.16. The third kappa shape index (κ3) is 4.66. The number of rotatable bonds is 5. The molecule has 0 radical (unpaired) electrons. The van der Waals surface area contributed by atoms with Crippen LogP contribution in [0, 0.1) is 17.9 Å². The van der Waals surface area contributed by atoms with Crippen LogP contribution in [0.25, 0.3) is 88.0 Å². The standard InChI is InChI=1S/C46H27N7/c1-48-32-24-26-33(27-25-32)53-46(45(49-50-53)31-22-20-30(29-47)21-23-31)39-15-9-19-43-44(39)38-14-4-7-18-42(38)52(43)35-11-8-10-34(28-35)51-40-16-5-2-12-36(40)37-13-3-6-17-41(37)51/h2-28H. The molecule has 7 heteroatoms. The number of hydrogen-bond donors (Lipinski definition) is 0. The number of fused-ring (bicyclic) bond motifs is 6. The zero-order chi connectivity index (χ0) is 35.5. The SMILES string of the molecule is [C-]#[N+]c1ccc(-n2nnc(-c3ccc(C#N)cc3)c2-c2cccc3c2c2ccccc2n3-c2cccc(-n3c4ccccc4c4ccccc43)c2)cc1. The first-order valence-corrected chi connectivity index (χ1v) is 17.3. The highest BCUT2D eigenvalue weighted by Gasteiger charge is 2.24. The second kappa shape index (κ2) is 11.9. The molecule has 0 saturated heterocycles. The van der Waals surface area contributed by atoms with Crippen LogP contribution in [-0.4, -0.2) is 24.1 Å². The Morgan fingerprint density at radius 2 is 1.11 bits per heavy atom. The van der Waals surface area contributed by atoms with Crippen molar-refractivity contribution < 1.29 is 0 Å². The van der Waals surface area contributed by atoms with Crippen LogP contribution >= 0.6 is 0 Å². The summed E-state index contributed by atoms with van der Waals surface area (Å²) in [6, 6.07) is 57.9. The molecule has 53 heavy (non-hydrogen) atoms. The fourth-order valence-electron chi connectivity index (χ4n) is 7.74. The van der Waals surface area contributed by atoms with Crippen molar-refractivity contribution >= 4 is 49.3 Å². The molecule has 0 bridgehead atoms. The van der Waals surface area contributed by atoms with Crippen LogP contribution in [0.5, 0.6) is 0 Å². The molecule has 246 valence electrons. The van der Waals surface area contributed by atoms with E-state index in [4.69, 9.17) is 16.9 Å². The van der Waals surface area contributed by atoms with Crippen molar-refractivity contribution in [3.05, 3.63) is 181 Å². The van der Waals surface area contributed by atoms with Crippen LogP contribution in [0.3, 0.4) is 0 Å².